The fraction of sp³-hybridized carbons (Fsp3) is 0.682. The van der Waals surface area contributed by atoms with Gasteiger partial charge >= 0.3 is 0 Å². The summed E-state index contributed by atoms with van der Waals surface area (Å²) < 4.78 is 24.8. The molecule has 2 N–H and O–H groups in total. The smallest absolute Gasteiger partial charge is 0.191 e. The number of hydrogen-bond donors (Lipinski definition) is 2. The molecule has 2 unspecified atom stereocenters. The molecule has 1 aliphatic carbocycles. The lowest BCUT2D eigenvalue weighted by Crippen LogP contribution is -2.54. The number of aliphatic imine (C=N–C) groups is 1. The van der Waals surface area contributed by atoms with Crippen LogP contribution in [0, 0.1) is 11.7 Å². The van der Waals surface area contributed by atoms with Crippen LogP contribution in [-0.2, 0) is 14.9 Å². The highest BCUT2D eigenvalue weighted by molar-refractivity contribution is 5.79. The molecule has 2 heterocycles. The SMILES string of the molecule is CN=C(NCC(C1CCOC1)N1CCOCC1)NCC1(c2cccc(F)c2)CC1. The number of ether oxygens (including phenoxy) is 2. The van der Waals surface area contributed by atoms with Crippen LogP contribution in [0.15, 0.2) is 29.3 Å². The van der Waals surface area contributed by atoms with E-state index in [1.165, 1.54) is 6.07 Å². The Labute approximate surface area is 172 Å². The lowest BCUT2D eigenvalue weighted by molar-refractivity contribution is 0.00246. The number of benzene rings is 1. The molecule has 1 aromatic rings. The second-order valence-corrected chi connectivity index (χ2v) is 8.44. The number of halogens is 1. The van der Waals surface area contributed by atoms with Crippen molar-refractivity contribution in [2.45, 2.75) is 30.7 Å². The minimum Gasteiger partial charge on any atom is -0.381 e. The van der Waals surface area contributed by atoms with Crippen molar-refractivity contribution in [2.75, 3.05) is 59.7 Å². The number of morpholine rings is 1. The van der Waals surface area contributed by atoms with E-state index < -0.39 is 0 Å². The van der Waals surface area contributed by atoms with Crippen LogP contribution in [0.5, 0.6) is 0 Å². The van der Waals surface area contributed by atoms with Crippen molar-refractivity contribution < 1.29 is 13.9 Å². The van der Waals surface area contributed by atoms with Crippen molar-refractivity contribution in [1.82, 2.24) is 15.5 Å². The van der Waals surface area contributed by atoms with Gasteiger partial charge in [0, 0.05) is 57.2 Å². The van der Waals surface area contributed by atoms with E-state index in [0.717, 1.165) is 83.4 Å². The molecule has 3 fully saturated rings. The highest BCUT2D eigenvalue weighted by Crippen LogP contribution is 2.47. The Morgan fingerprint density at radius 3 is 2.72 bits per heavy atom. The van der Waals surface area contributed by atoms with E-state index in [-0.39, 0.29) is 11.2 Å². The number of nitrogens with zero attached hydrogens (tertiary/aromatic N) is 2. The third-order valence-electron chi connectivity index (χ3n) is 6.61. The highest BCUT2D eigenvalue weighted by atomic mass is 19.1. The van der Waals surface area contributed by atoms with Gasteiger partial charge < -0.3 is 20.1 Å². The summed E-state index contributed by atoms with van der Waals surface area (Å²) in [5, 5.41) is 7.01. The normalized spacial score (nSPS) is 25.6. The summed E-state index contributed by atoms with van der Waals surface area (Å²) >= 11 is 0. The zero-order valence-corrected chi connectivity index (χ0v) is 17.3. The maximum absolute atomic E-state index is 13.6. The molecule has 4 rings (SSSR count). The molecule has 1 saturated carbocycles. The maximum Gasteiger partial charge on any atom is 0.191 e. The van der Waals surface area contributed by atoms with E-state index in [1.54, 1.807) is 19.2 Å². The first kappa shape index (κ1) is 20.6. The standard InChI is InChI=1S/C22H33FN4O2/c1-24-21(26-16-22(6-7-22)18-3-2-4-19(23)13-18)25-14-20(17-5-10-29-15-17)27-8-11-28-12-9-27/h2-4,13,17,20H,5-12,14-16H2,1H3,(H2,24,25,26). The van der Waals surface area contributed by atoms with Gasteiger partial charge in [0.15, 0.2) is 5.96 Å². The molecule has 0 radical (unpaired) electrons. The zero-order valence-electron chi connectivity index (χ0n) is 17.3. The van der Waals surface area contributed by atoms with Gasteiger partial charge in [0.05, 0.1) is 19.8 Å². The second kappa shape index (κ2) is 9.41. The lowest BCUT2D eigenvalue weighted by Gasteiger charge is -2.37. The monoisotopic (exact) mass is 404 g/mol. The van der Waals surface area contributed by atoms with Crippen LogP contribution < -0.4 is 10.6 Å². The van der Waals surface area contributed by atoms with Gasteiger partial charge in [0.25, 0.3) is 0 Å². The number of guanidine groups is 1. The van der Waals surface area contributed by atoms with Crippen LogP contribution in [-0.4, -0.2) is 76.6 Å². The third kappa shape index (κ3) is 5.08. The molecule has 3 aliphatic rings. The van der Waals surface area contributed by atoms with Gasteiger partial charge in [-0.25, -0.2) is 4.39 Å². The van der Waals surface area contributed by atoms with E-state index in [4.69, 9.17) is 9.47 Å². The van der Waals surface area contributed by atoms with Gasteiger partial charge in [-0.05, 0) is 37.0 Å². The summed E-state index contributed by atoms with van der Waals surface area (Å²) in [6.07, 6.45) is 3.27. The molecule has 6 nitrogen and oxygen atoms in total. The van der Waals surface area contributed by atoms with Gasteiger partial charge in [0.1, 0.15) is 5.82 Å². The average molecular weight is 405 g/mol. The van der Waals surface area contributed by atoms with Crippen molar-refractivity contribution >= 4 is 5.96 Å². The fourth-order valence-electron chi connectivity index (χ4n) is 4.57. The van der Waals surface area contributed by atoms with Crippen molar-refractivity contribution in [3.8, 4) is 0 Å². The van der Waals surface area contributed by atoms with Crippen LogP contribution in [0.25, 0.3) is 0 Å². The zero-order chi connectivity index (χ0) is 20.1. The van der Waals surface area contributed by atoms with Crippen LogP contribution >= 0.6 is 0 Å². The molecule has 7 heteroatoms. The summed E-state index contributed by atoms with van der Waals surface area (Å²) in [5.74, 6) is 1.19. The van der Waals surface area contributed by atoms with Crippen molar-refractivity contribution in [2.24, 2.45) is 10.9 Å². The quantitative estimate of drug-likeness (QED) is 0.536. The van der Waals surface area contributed by atoms with Crippen molar-refractivity contribution in [1.29, 1.82) is 0 Å². The summed E-state index contributed by atoms with van der Waals surface area (Å²) in [7, 11) is 1.81. The predicted octanol–water partition coefficient (Wildman–Crippen LogP) is 1.76. The van der Waals surface area contributed by atoms with Crippen molar-refractivity contribution in [3.63, 3.8) is 0 Å². The Bertz CT molecular complexity index is 698. The molecular formula is C22H33FN4O2. The van der Waals surface area contributed by atoms with Crippen LogP contribution in [0.1, 0.15) is 24.8 Å². The Morgan fingerprint density at radius 1 is 1.24 bits per heavy atom. The van der Waals surface area contributed by atoms with E-state index >= 15 is 0 Å². The van der Waals surface area contributed by atoms with E-state index in [2.05, 4.69) is 20.5 Å². The number of nitrogens with one attached hydrogen (secondary N) is 2. The molecule has 0 bridgehead atoms. The summed E-state index contributed by atoms with van der Waals surface area (Å²) in [6, 6.07) is 7.42. The Kier molecular flexibility index (Phi) is 6.67. The molecule has 160 valence electrons. The molecule has 2 aliphatic heterocycles. The largest absolute Gasteiger partial charge is 0.381 e. The van der Waals surface area contributed by atoms with Gasteiger partial charge in [-0.2, -0.15) is 0 Å². The predicted molar refractivity (Wildman–Crippen MR) is 112 cm³/mol. The van der Waals surface area contributed by atoms with E-state index in [0.29, 0.717) is 12.0 Å². The van der Waals surface area contributed by atoms with Gasteiger partial charge in [-0.3, -0.25) is 9.89 Å². The van der Waals surface area contributed by atoms with Crippen LogP contribution in [0.2, 0.25) is 0 Å². The first-order valence-corrected chi connectivity index (χ1v) is 10.8. The Hall–Kier alpha value is -1.70. The highest BCUT2D eigenvalue weighted by Gasteiger charge is 2.44. The number of hydrogen-bond acceptors (Lipinski definition) is 4. The molecule has 0 aromatic heterocycles. The first-order valence-electron chi connectivity index (χ1n) is 10.8. The fourth-order valence-corrected chi connectivity index (χ4v) is 4.57. The molecule has 1 aromatic carbocycles. The molecular weight excluding hydrogens is 371 g/mol. The topological polar surface area (TPSA) is 58.1 Å². The minimum absolute atomic E-state index is 0.0304. The number of rotatable bonds is 7. The molecule has 0 amide bonds. The maximum atomic E-state index is 13.6. The van der Waals surface area contributed by atoms with E-state index in [1.807, 2.05) is 6.07 Å². The van der Waals surface area contributed by atoms with Crippen molar-refractivity contribution in [3.05, 3.63) is 35.6 Å². The molecule has 2 atom stereocenters. The molecule has 2 saturated heterocycles. The second-order valence-electron chi connectivity index (χ2n) is 8.44. The Morgan fingerprint density at radius 2 is 2.07 bits per heavy atom. The van der Waals surface area contributed by atoms with Gasteiger partial charge in [0.2, 0.25) is 0 Å². The lowest BCUT2D eigenvalue weighted by atomic mass is 9.96. The average Bonchev–Trinajstić information content (AvgIpc) is 3.36. The molecule has 0 spiro atoms. The summed E-state index contributed by atoms with van der Waals surface area (Å²) in [6.45, 7) is 6.83. The van der Waals surface area contributed by atoms with Gasteiger partial charge in [-0.1, -0.05) is 12.1 Å². The Balaban J connectivity index is 1.33. The third-order valence-corrected chi connectivity index (χ3v) is 6.61. The van der Waals surface area contributed by atoms with E-state index in [9.17, 15) is 4.39 Å². The first-order chi connectivity index (χ1) is 14.2. The van der Waals surface area contributed by atoms with Crippen LogP contribution in [0.3, 0.4) is 0 Å². The summed E-state index contributed by atoms with van der Waals surface area (Å²) in [5.41, 5.74) is 1.11. The van der Waals surface area contributed by atoms with Crippen LogP contribution in [0.4, 0.5) is 4.39 Å². The minimum atomic E-state index is -0.164. The summed E-state index contributed by atoms with van der Waals surface area (Å²) in [4.78, 5) is 6.95. The molecule has 29 heavy (non-hydrogen) atoms. The van der Waals surface area contributed by atoms with Gasteiger partial charge in [-0.15, -0.1) is 0 Å².